The van der Waals surface area contributed by atoms with Crippen molar-refractivity contribution in [2.24, 2.45) is 10.2 Å². The monoisotopic (exact) mass is 488 g/mol. The van der Waals surface area contributed by atoms with Gasteiger partial charge in [-0.25, -0.2) is 14.8 Å². The molecule has 3 heterocycles. The van der Waals surface area contributed by atoms with Crippen LogP contribution >= 0.6 is 22.7 Å². The van der Waals surface area contributed by atoms with Gasteiger partial charge in [-0.05, 0) is 19.1 Å². The molecule has 5 rings (SSSR count). The predicted molar refractivity (Wildman–Crippen MR) is 131 cm³/mol. The first-order chi connectivity index (χ1) is 16.5. The molecule has 2 aromatic carbocycles. The molecule has 0 radical (unpaired) electrons. The number of hydrogen-bond donors (Lipinski definition) is 2. The summed E-state index contributed by atoms with van der Waals surface area (Å²) in [5.41, 5.74) is 3.46. The lowest BCUT2D eigenvalue weighted by atomic mass is 10.1. The van der Waals surface area contributed by atoms with E-state index in [9.17, 15) is 9.59 Å². The number of rotatable bonds is 6. The van der Waals surface area contributed by atoms with Gasteiger partial charge >= 0.3 is 11.5 Å². The fraction of sp³-hybridized carbons (Fsp3) is 0.0435. The standard InChI is InChI=1S/C23H16N6O3S2/c1-13-11-33-22(24-13)27-26-19-18(15-5-3-2-4-6-15)28-29(20(19)30)23-25-17(12-34-23)14-7-9-16(10-8-14)21(31)32/h2-12,28H,1H3,(H,31,32). The van der Waals surface area contributed by atoms with Crippen molar-refractivity contribution in [2.45, 2.75) is 6.92 Å². The molecular formula is C23H16N6O3S2. The number of aromatic nitrogens is 4. The molecule has 168 valence electrons. The van der Waals surface area contributed by atoms with Crippen molar-refractivity contribution in [2.75, 3.05) is 0 Å². The number of thiazole rings is 2. The molecule has 11 heteroatoms. The van der Waals surface area contributed by atoms with Crippen LogP contribution in [-0.4, -0.2) is 30.8 Å². The van der Waals surface area contributed by atoms with Gasteiger partial charge in [-0.15, -0.1) is 32.9 Å². The summed E-state index contributed by atoms with van der Waals surface area (Å²) in [7, 11) is 0. The van der Waals surface area contributed by atoms with E-state index in [2.05, 4.69) is 25.3 Å². The van der Waals surface area contributed by atoms with Crippen LogP contribution in [0.15, 0.2) is 80.4 Å². The molecule has 0 unspecified atom stereocenters. The van der Waals surface area contributed by atoms with Crippen LogP contribution in [0.3, 0.4) is 0 Å². The fourth-order valence-corrected chi connectivity index (χ4v) is 4.63. The highest BCUT2D eigenvalue weighted by molar-refractivity contribution is 7.13. The summed E-state index contributed by atoms with van der Waals surface area (Å²) < 4.78 is 1.34. The van der Waals surface area contributed by atoms with E-state index >= 15 is 0 Å². The van der Waals surface area contributed by atoms with Crippen LogP contribution in [0.25, 0.3) is 27.6 Å². The number of benzene rings is 2. The summed E-state index contributed by atoms with van der Waals surface area (Å²) in [6.45, 7) is 1.86. The largest absolute Gasteiger partial charge is 0.478 e. The van der Waals surface area contributed by atoms with Gasteiger partial charge in [0.25, 0.3) is 0 Å². The molecule has 0 fully saturated rings. The van der Waals surface area contributed by atoms with Gasteiger partial charge in [0.1, 0.15) is 0 Å². The number of azo groups is 1. The summed E-state index contributed by atoms with van der Waals surface area (Å²) >= 11 is 2.62. The normalized spacial score (nSPS) is 11.3. The van der Waals surface area contributed by atoms with Gasteiger partial charge in [0, 0.05) is 21.9 Å². The lowest BCUT2D eigenvalue weighted by Crippen LogP contribution is -2.13. The van der Waals surface area contributed by atoms with Crippen LogP contribution in [0.2, 0.25) is 0 Å². The molecule has 0 aliphatic heterocycles. The quantitative estimate of drug-likeness (QED) is 0.291. The molecule has 0 atom stereocenters. The molecule has 9 nitrogen and oxygen atoms in total. The maximum Gasteiger partial charge on any atom is 0.335 e. The number of aryl methyl sites for hydroxylation is 1. The first-order valence-electron chi connectivity index (χ1n) is 10.0. The van der Waals surface area contributed by atoms with Crippen LogP contribution in [0.4, 0.5) is 10.8 Å². The third kappa shape index (κ3) is 4.21. The Morgan fingerprint density at radius 2 is 1.74 bits per heavy atom. The number of H-pyrrole nitrogens is 1. The first kappa shape index (κ1) is 21.6. The predicted octanol–water partition coefficient (Wildman–Crippen LogP) is 5.83. The molecule has 3 aromatic heterocycles. The van der Waals surface area contributed by atoms with Gasteiger partial charge in [-0.3, -0.25) is 9.89 Å². The second kappa shape index (κ2) is 8.96. The maximum atomic E-state index is 13.3. The van der Waals surface area contributed by atoms with Gasteiger partial charge in [0.2, 0.25) is 10.3 Å². The zero-order valence-corrected chi connectivity index (χ0v) is 19.3. The Bertz CT molecular complexity index is 1560. The minimum Gasteiger partial charge on any atom is -0.478 e. The van der Waals surface area contributed by atoms with E-state index in [1.54, 1.807) is 17.5 Å². The second-order valence-electron chi connectivity index (χ2n) is 7.21. The average molecular weight is 489 g/mol. The van der Waals surface area contributed by atoms with Crippen molar-refractivity contribution in [3.8, 4) is 27.6 Å². The molecule has 0 aliphatic rings. The lowest BCUT2D eigenvalue weighted by molar-refractivity contribution is 0.0697. The number of aromatic carboxylic acids is 1. The molecule has 0 aliphatic carbocycles. The van der Waals surface area contributed by atoms with E-state index in [1.807, 2.05) is 42.6 Å². The summed E-state index contributed by atoms with van der Waals surface area (Å²) in [4.78, 5) is 33.3. The maximum absolute atomic E-state index is 13.3. The van der Waals surface area contributed by atoms with E-state index in [-0.39, 0.29) is 11.3 Å². The minimum absolute atomic E-state index is 0.154. The van der Waals surface area contributed by atoms with Crippen LogP contribution in [0, 0.1) is 6.92 Å². The lowest BCUT2D eigenvalue weighted by Gasteiger charge is -1.99. The first-order valence-corrected chi connectivity index (χ1v) is 11.8. The van der Waals surface area contributed by atoms with Crippen molar-refractivity contribution in [3.05, 3.63) is 87.0 Å². The molecule has 2 N–H and O–H groups in total. The smallest absolute Gasteiger partial charge is 0.335 e. The highest BCUT2D eigenvalue weighted by atomic mass is 32.1. The number of carboxylic acids is 1. The zero-order valence-electron chi connectivity index (χ0n) is 17.7. The summed E-state index contributed by atoms with van der Waals surface area (Å²) in [6.07, 6.45) is 0. The van der Waals surface area contributed by atoms with Gasteiger partial charge < -0.3 is 5.11 Å². The van der Waals surface area contributed by atoms with Crippen molar-refractivity contribution in [1.29, 1.82) is 0 Å². The third-order valence-electron chi connectivity index (χ3n) is 4.88. The van der Waals surface area contributed by atoms with E-state index in [0.717, 1.165) is 16.8 Å². The van der Waals surface area contributed by atoms with Crippen molar-refractivity contribution in [3.63, 3.8) is 0 Å². The molecule has 0 amide bonds. The Hall–Kier alpha value is -4.22. The number of nitrogens with zero attached hydrogens (tertiary/aromatic N) is 5. The number of aromatic amines is 1. The second-order valence-corrected chi connectivity index (χ2v) is 8.88. The molecule has 0 saturated heterocycles. The van der Waals surface area contributed by atoms with E-state index < -0.39 is 11.5 Å². The van der Waals surface area contributed by atoms with Crippen LogP contribution in [-0.2, 0) is 0 Å². The summed E-state index contributed by atoms with van der Waals surface area (Å²) in [5, 5.41) is 25.2. The molecule has 0 bridgehead atoms. The number of hydrogen-bond acceptors (Lipinski definition) is 8. The van der Waals surface area contributed by atoms with Crippen LogP contribution in [0.1, 0.15) is 16.1 Å². The number of carbonyl (C=O) groups is 1. The molecule has 0 spiro atoms. The van der Waals surface area contributed by atoms with Crippen molar-refractivity contribution >= 4 is 39.5 Å². The third-order valence-corrected chi connectivity index (χ3v) is 6.55. The minimum atomic E-state index is -0.994. The van der Waals surface area contributed by atoms with E-state index in [4.69, 9.17) is 5.11 Å². The highest BCUT2D eigenvalue weighted by Gasteiger charge is 2.19. The summed E-state index contributed by atoms with van der Waals surface area (Å²) in [6, 6.07) is 15.8. The zero-order chi connectivity index (χ0) is 23.7. The van der Waals surface area contributed by atoms with Crippen molar-refractivity contribution < 1.29 is 9.90 Å². The van der Waals surface area contributed by atoms with Crippen LogP contribution < -0.4 is 5.56 Å². The Balaban J connectivity index is 1.56. The van der Waals surface area contributed by atoms with Gasteiger partial charge in [-0.2, -0.15) is 4.68 Å². The average Bonchev–Trinajstić information content (AvgIpc) is 3.57. The number of carboxylic acid groups (broad SMARTS) is 1. The van der Waals surface area contributed by atoms with Gasteiger partial charge in [0.05, 0.1) is 22.6 Å². The number of nitrogens with one attached hydrogen (secondary N) is 1. The molecule has 5 aromatic rings. The van der Waals surface area contributed by atoms with E-state index in [0.29, 0.717) is 21.7 Å². The van der Waals surface area contributed by atoms with Gasteiger partial charge in [0.15, 0.2) is 5.69 Å². The molecule has 0 saturated carbocycles. The van der Waals surface area contributed by atoms with Gasteiger partial charge in [-0.1, -0.05) is 42.5 Å². The summed E-state index contributed by atoms with van der Waals surface area (Å²) in [5.74, 6) is -0.994. The topological polar surface area (TPSA) is 126 Å². The molecular weight excluding hydrogens is 472 g/mol. The fourth-order valence-electron chi connectivity index (χ4n) is 3.23. The van der Waals surface area contributed by atoms with E-state index in [1.165, 1.54) is 39.5 Å². The molecule has 34 heavy (non-hydrogen) atoms. The highest BCUT2D eigenvalue weighted by Crippen LogP contribution is 2.30. The SMILES string of the molecule is Cc1csc(N=Nc2c(-c3ccccc3)[nH]n(-c3nc(-c4ccc(C(=O)O)cc4)cs3)c2=O)n1. The Labute approximate surface area is 200 Å². The van der Waals surface area contributed by atoms with Crippen LogP contribution in [0.5, 0.6) is 0 Å². The Morgan fingerprint density at radius 1 is 0.971 bits per heavy atom. The van der Waals surface area contributed by atoms with Crippen molar-refractivity contribution in [1.82, 2.24) is 19.7 Å². The Kier molecular flexibility index (Phi) is 5.70. The Morgan fingerprint density at radius 3 is 2.41 bits per heavy atom.